The molecule has 2 aromatic rings. The lowest BCUT2D eigenvalue weighted by atomic mass is 10.0. The van der Waals surface area contributed by atoms with Gasteiger partial charge in [-0.15, -0.1) is 0 Å². The van der Waals surface area contributed by atoms with Crippen molar-refractivity contribution in [3.05, 3.63) is 56.9 Å². The summed E-state index contributed by atoms with van der Waals surface area (Å²) >= 11 is 2.16. The Morgan fingerprint density at radius 1 is 1.29 bits per heavy atom. The average molecular weight is 437 g/mol. The molecule has 0 saturated heterocycles. The fourth-order valence-corrected chi connectivity index (χ4v) is 2.94. The Morgan fingerprint density at radius 2 is 2.00 bits per heavy atom. The van der Waals surface area contributed by atoms with Gasteiger partial charge in [0.1, 0.15) is 5.82 Å². The first-order chi connectivity index (χ1) is 11.5. The monoisotopic (exact) mass is 437 g/mol. The van der Waals surface area contributed by atoms with E-state index in [1.165, 1.54) is 6.07 Å². The summed E-state index contributed by atoms with van der Waals surface area (Å²) in [7, 11) is 1.56. The summed E-state index contributed by atoms with van der Waals surface area (Å²) in [5, 5.41) is 9.39. The maximum absolute atomic E-state index is 13.9. The summed E-state index contributed by atoms with van der Waals surface area (Å²) < 4.78 is 26.0. The van der Waals surface area contributed by atoms with E-state index in [0.717, 1.165) is 9.13 Å². The van der Waals surface area contributed by atoms with Crippen molar-refractivity contribution < 1.29 is 13.9 Å². The van der Waals surface area contributed by atoms with Crippen LogP contribution in [0, 0.1) is 20.7 Å². The maximum atomic E-state index is 13.9. The van der Waals surface area contributed by atoms with Crippen molar-refractivity contribution in [1.29, 1.82) is 5.26 Å². The van der Waals surface area contributed by atoms with Gasteiger partial charge in [0.05, 0.1) is 28.4 Å². The molecule has 0 aliphatic rings. The van der Waals surface area contributed by atoms with E-state index in [1.807, 2.05) is 19.9 Å². The van der Waals surface area contributed by atoms with Gasteiger partial charge in [-0.3, -0.25) is 0 Å². The average Bonchev–Trinajstić information content (AvgIpc) is 2.55. The fraction of sp³-hybridized carbons (Fsp3) is 0.211. The minimum absolute atomic E-state index is 0.0156. The lowest BCUT2D eigenvalue weighted by Gasteiger charge is -2.16. The van der Waals surface area contributed by atoms with Gasteiger partial charge in [0, 0.05) is 5.56 Å². The van der Waals surface area contributed by atoms with E-state index in [1.54, 1.807) is 37.5 Å². The van der Waals surface area contributed by atoms with Crippen LogP contribution in [0.25, 0.3) is 11.6 Å². The lowest BCUT2D eigenvalue weighted by Crippen LogP contribution is -2.08. The topological polar surface area (TPSA) is 42.2 Å². The predicted molar refractivity (Wildman–Crippen MR) is 101 cm³/mol. The Kier molecular flexibility index (Phi) is 6.21. The van der Waals surface area contributed by atoms with Crippen LogP contribution in [0.3, 0.4) is 0 Å². The first-order valence-corrected chi connectivity index (χ1v) is 8.45. The molecule has 0 heterocycles. The van der Waals surface area contributed by atoms with E-state index in [4.69, 9.17) is 9.47 Å². The van der Waals surface area contributed by atoms with Crippen LogP contribution in [0.5, 0.6) is 11.5 Å². The molecular formula is C19H17FINO2. The minimum Gasteiger partial charge on any atom is -0.493 e. The van der Waals surface area contributed by atoms with Crippen molar-refractivity contribution in [3.63, 3.8) is 0 Å². The molecule has 3 nitrogen and oxygen atoms in total. The van der Waals surface area contributed by atoms with E-state index >= 15 is 0 Å². The number of hydrogen-bond donors (Lipinski definition) is 0. The third kappa shape index (κ3) is 4.26. The maximum Gasteiger partial charge on any atom is 0.174 e. The normalized spacial score (nSPS) is 11.3. The number of nitrogens with zero attached hydrogens (tertiary/aromatic N) is 1. The van der Waals surface area contributed by atoms with Gasteiger partial charge in [-0.1, -0.05) is 18.2 Å². The van der Waals surface area contributed by atoms with Crippen molar-refractivity contribution in [3.8, 4) is 17.6 Å². The van der Waals surface area contributed by atoms with Crippen LogP contribution in [-0.4, -0.2) is 13.2 Å². The fourth-order valence-electron chi connectivity index (χ4n) is 2.19. The predicted octanol–water partition coefficient (Wildman–Crippen LogP) is 5.29. The summed E-state index contributed by atoms with van der Waals surface area (Å²) in [6, 6.07) is 11.9. The standard InChI is InChI=1S/C19H17FINO2/c1-12(2)24-19-17(21)9-13(10-18(19)23-3)8-14(11-22)15-6-4-5-7-16(15)20/h4-10,12H,1-3H3/b14-8-. The largest absolute Gasteiger partial charge is 0.493 e. The molecule has 0 radical (unpaired) electrons. The smallest absolute Gasteiger partial charge is 0.174 e. The van der Waals surface area contributed by atoms with Crippen LogP contribution in [-0.2, 0) is 0 Å². The second-order valence-corrected chi connectivity index (χ2v) is 6.51. The van der Waals surface area contributed by atoms with Crippen LogP contribution in [0.1, 0.15) is 25.0 Å². The number of methoxy groups -OCH3 is 1. The van der Waals surface area contributed by atoms with Gasteiger partial charge < -0.3 is 9.47 Å². The van der Waals surface area contributed by atoms with Crippen molar-refractivity contribution in [2.45, 2.75) is 20.0 Å². The first kappa shape index (κ1) is 18.3. The summed E-state index contributed by atoms with van der Waals surface area (Å²) in [4.78, 5) is 0. The molecule has 124 valence electrons. The third-order valence-electron chi connectivity index (χ3n) is 3.20. The van der Waals surface area contributed by atoms with E-state index < -0.39 is 5.82 Å². The molecule has 0 aliphatic carbocycles. The van der Waals surface area contributed by atoms with Gasteiger partial charge in [0.2, 0.25) is 0 Å². The number of ether oxygens (including phenoxy) is 2. The SMILES string of the molecule is COc1cc(/C=C(/C#N)c2ccccc2F)cc(I)c1OC(C)C. The summed E-state index contributed by atoms with van der Waals surface area (Å²) in [6.07, 6.45) is 1.66. The molecule has 0 N–H and O–H groups in total. The summed E-state index contributed by atoms with van der Waals surface area (Å²) in [5.41, 5.74) is 1.27. The molecule has 2 rings (SSSR count). The molecule has 0 unspecified atom stereocenters. The molecule has 0 aromatic heterocycles. The lowest BCUT2D eigenvalue weighted by molar-refractivity contribution is 0.228. The van der Waals surface area contributed by atoms with Gasteiger partial charge in [0.15, 0.2) is 11.5 Å². The zero-order valence-electron chi connectivity index (χ0n) is 13.6. The van der Waals surface area contributed by atoms with E-state index in [2.05, 4.69) is 28.7 Å². The van der Waals surface area contributed by atoms with Crippen LogP contribution < -0.4 is 9.47 Å². The van der Waals surface area contributed by atoms with Gasteiger partial charge in [-0.25, -0.2) is 4.39 Å². The number of rotatable bonds is 5. The van der Waals surface area contributed by atoms with Crippen molar-refractivity contribution in [2.24, 2.45) is 0 Å². The molecule has 24 heavy (non-hydrogen) atoms. The zero-order chi connectivity index (χ0) is 17.7. The Balaban J connectivity index is 2.51. The summed E-state index contributed by atoms with van der Waals surface area (Å²) in [6.45, 7) is 3.88. The second-order valence-electron chi connectivity index (χ2n) is 5.35. The van der Waals surface area contributed by atoms with Gasteiger partial charge in [-0.05, 0) is 66.3 Å². The zero-order valence-corrected chi connectivity index (χ0v) is 15.8. The molecule has 0 fully saturated rings. The van der Waals surface area contributed by atoms with E-state index in [-0.39, 0.29) is 17.2 Å². The van der Waals surface area contributed by atoms with Gasteiger partial charge >= 0.3 is 0 Å². The van der Waals surface area contributed by atoms with E-state index in [9.17, 15) is 9.65 Å². The van der Waals surface area contributed by atoms with Crippen LogP contribution >= 0.6 is 22.6 Å². The highest BCUT2D eigenvalue weighted by atomic mass is 127. The number of allylic oxidation sites excluding steroid dienone is 1. The van der Waals surface area contributed by atoms with Crippen LogP contribution in [0.4, 0.5) is 4.39 Å². The number of benzene rings is 2. The molecule has 5 heteroatoms. The number of nitriles is 1. The molecule has 2 aromatic carbocycles. The molecular weight excluding hydrogens is 420 g/mol. The Hall–Kier alpha value is -2.07. The number of halogens is 2. The summed E-state index contributed by atoms with van der Waals surface area (Å²) in [5.74, 6) is 0.814. The quantitative estimate of drug-likeness (QED) is 0.363. The van der Waals surface area contributed by atoms with E-state index in [0.29, 0.717) is 11.5 Å². The molecule has 0 bridgehead atoms. The van der Waals surface area contributed by atoms with Crippen LogP contribution in [0.15, 0.2) is 36.4 Å². The minimum atomic E-state index is -0.424. The van der Waals surface area contributed by atoms with Crippen molar-refractivity contribution in [2.75, 3.05) is 7.11 Å². The number of hydrogen-bond acceptors (Lipinski definition) is 3. The van der Waals surface area contributed by atoms with Gasteiger partial charge in [0.25, 0.3) is 0 Å². The highest BCUT2D eigenvalue weighted by Crippen LogP contribution is 2.35. The Labute approximate surface area is 154 Å². The molecule has 0 saturated carbocycles. The molecule has 0 amide bonds. The van der Waals surface area contributed by atoms with Crippen molar-refractivity contribution in [1.82, 2.24) is 0 Å². The highest BCUT2D eigenvalue weighted by molar-refractivity contribution is 14.1. The highest BCUT2D eigenvalue weighted by Gasteiger charge is 2.14. The third-order valence-corrected chi connectivity index (χ3v) is 4.00. The second kappa shape index (κ2) is 8.15. The molecule has 0 atom stereocenters. The Bertz CT molecular complexity index is 809. The first-order valence-electron chi connectivity index (χ1n) is 7.37. The Morgan fingerprint density at radius 3 is 2.58 bits per heavy atom. The van der Waals surface area contributed by atoms with Crippen LogP contribution in [0.2, 0.25) is 0 Å². The molecule has 0 aliphatic heterocycles. The van der Waals surface area contributed by atoms with Gasteiger partial charge in [-0.2, -0.15) is 5.26 Å². The van der Waals surface area contributed by atoms with Crippen molar-refractivity contribution >= 4 is 34.2 Å². The molecule has 0 spiro atoms.